The van der Waals surface area contributed by atoms with Gasteiger partial charge in [-0.1, -0.05) is 0 Å². The average Bonchev–Trinajstić information content (AvgIpc) is 3.22. The lowest BCUT2D eigenvalue weighted by Gasteiger charge is -2.43. The van der Waals surface area contributed by atoms with Crippen LogP contribution in [-0.4, -0.2) is 40.8 Å². The van der Waals surface area contributed by atoms with Crippen LogP contribution in [0.2, 0.25) is 0 Å². The summed E-state index contributed by atoms with van der Waals surface area (Å²) in [7, 11) is -3.12. The van der Waals surface area contributed by atoms with Gasteiger partial charge in [-0.25, -0.2) is 18.4 Å². The molecule has 0 aromatic carbocycles. The highest BCUT2D eigenvalue weighted by atomic mass is 79.9. The van der Waals surface area contributed by atoms with Crippen LogP contribution < -0.4 is 5.32 Å². The van der Waals surface area contributed by atoms with Gasteiger partial charge in [-0.2, -0.15) is 0 Å². The Balaban J connectivity index is 1.79. The summed E-state index contributed by atoms with van der Waals surface area (Å²) in [6.45, 7) is 3.25. The van der Waals surface area contributed by atoms with Gasteiger partial charge in [0.2, 0.25) is 0 Å². The van der Waals surface area contributed by atoms with Crippen LogP contribution in [-0.2, 0) is 9.84 Å². The maximum absolute atomic E-state index is 12.3. The Bertz CT molecular complexity index is 713. The minimum Gasteiger partial charge on any atom is -0.345 e. The van der Waals surface area contributed by atoms with Crippen LogP contribution in [0, 0.1) is 0 Å². The number of aromatic nitrogens is 2. The summed E-state index contributed by atoms with van der Waals surface area (Å²) in [4.78, 5) is 20.9. The van der Waals surface area contributed by atoms with E-state index in [9.17, 15) is 13.2 Å². The molecule has 21 heavy (non-hydrogen) atoms. The molecule has 3 rings (SSSR count). The lowest BCUT2D eigenvalue weighted by molar-refractivity contribution is 0.0922. The predicted molar refractivity (Wildman–Crippen MR) is 80.8 cm³/mol. The van der Waals surface area contributed by atoms with Crippen molar-refractivity contribution in [3.8, 4) is 0 Å². The Morgan fingerprint density at radius 2 is 2.10 bits per heavy atom. The van der Waals surface area contributed by atoms with Crippen molar-refractivity contribution in [2.24, 2.45) is 0 Å². The number of carbonyl (C=O) groups is 1. The molecule has 8 heteroatoms. The Hall–Kier alpha value is -1.02. The molecule has 2 aliphatic rings. The highest BCUT2D eigenvalue weighted by molar-refractivity contribution is 9.10. The van der Waals surface area contributed by atoms with E-state index in [1.165, 1.54) is 0 Å². The fraction of sp³-hybridized carbons (Fsp3) is 0.615. The standard InChI is InChI=1S/C13H16BrN3O3S/c1-13(2)9(6-21(13,19)20)16-12(18)10-8(14)5-15-11(17-10)7-3-4-7/h5,7,9H,3-4,6H2,1-2H3,(H,16,18)/t9-/m0/s1. The Kier molecular flexibility index (Phi) is 3.36. The molecule has 0 bridgehead atoms. The van der Waals surface area contributed by atoms with Crippen molar-refractivity contribution >= 4 is 31.7 Å². The first kappa shape index (κ1) is 14.9. The highest BCUT2D eigenvalue weighted by Crippen LogP contribution is 2.38. The zero-order valence-corrected chi connectivity index (χ0v) is 14.2. The molecule has 1 N–H and O–H groups in total. The third kappa shape index (κ3) is 2.48. The van der Waals surface area contributed by atoms with E-state index in [0.717, 1.165) is 12.8 Å². The van der Waals surface area contributed by atoms with Crippen LogP contribution in [0.3, 0.4) is 0 Å². The second kappa shape index (κ2) is 4.74. The molecule has 1 saturated heterocycles. The quantitative estimate of drug-likeness (QED) is 0.865. The molecule has 0 radical (unpaired) electrons. The summed E-state index contributed by atoms with van der Waals surface area (Å²) in [5, 5.41) is 2.77. The van der Waals surface area contributed by atoms with Crippen LogP contribution in [0.5, 0.6) is 0 Å². The normalized spacial score (nSPS) is 26.0. The van der Waals surface area contributed by atoms with Crippen LogP contribution in [0.15, 0.2) is 10.7 Å². The number of nitrogens with zero attached hydrogens (tertiary/aromatic N) is 2. The molecule has 1 aliphatic heterocycles. The van der Waals surface area contributed by atoms with Gasteiger partial charge in [0.15, 0.2) is 9.84 Å². The number of halogens is 1. The SMILES string of the molecule is CC1(C)[C@@H](NC(=O)c2nc(C3CC3)ncc2Br)CS1(=O)=O. The summed E-state index contributed by atoms with van der Waals surface area (Å²) >= 11 is 3.28. The number of hydrogen-bond donors (Lipinski definition) is 1. The van der Waals surface area contributed by atoms with Crippen molar-refractivity contribution in [3.05, 3.63) is 22.2 Å². The number of rotatable bonds is 3. The summed E-state index contributed by atoms with van der Waals surface area (Å²) in [6.07, 6.45) is 3.69. The monoisotopic (exact) mass is 373 g/mol. The number of nitrogens with one attached hydrogen (secondary N) is 1. The second-order valence-corrected chi connectivity index (χ2v) is 9.58. The first-order valence-electron chi connectivity index (χ1n) is 6.78. The van der Waals surface area contributed by atoms with Crippen molar-refractivity contribution in [1.82, 2.24) is 15.3 Å². The number of sulfone groups is 1. The average molecular weight is 374 g/mol. The van der Waals surface area contributed by atoms with Crippen LogP contribution >= 0.6 is 15.9 Å². The van der Waals surface area contributed by atoms with Gasteiger partial charge in [0.25, 0.3) is 5.91 Å². The van der Waals surface area contributed by atoms with Gasteiger partial charge in [0.05, 0.1) is 21.0 Å². The molecule has 2 fully saturated rings. The van der Waals surface area contributed by atoms with Crippen LogP contribution in [0.25, 0.3) is 0 Å². The van der Waals surface area contributed by atoms with Gasteiger partial charge in [-0.05, 0) is 42.6 Å². The lowest BCUT2D eigenvalue weighted by atomic mass is 10.0. The van der Waals surface area contributed by atoms with E-state index in [0.29, 0.717) is 16.2 Å². The Morgan fingerprint density at radius 3 is 2.62 bits per heavy atom. The van der Waals surface area contributed by atoms with Crippen molar-refractivity contribution in [1.29, 1.82) is 0 Å². The molecule has 1 aliphatic carbocycles. The molecule has 2 heterocycles. The molecule has 0 spiro atoms. The molecule has 1 amide bonds. The predicted octanol–water partition coefficient (Wildman–Crippen LogP) is 1.42. The molecule has 0 unspecified atom stereocenters. The summed E-state index contributed by atoms with van der Waals surface area (Å²) < 4.78 is 23.0. The Labute approximate surface area is 131 Å². The first-order chi connectivity index (χ1) is 9.72. The fourth-order valence-electron chi connectivity index (χ4n) is 2.27. The fourth-order valence-corrected chi connectivity index (χ4v) is 4.29. The lowest BCUT2D eigenvalue weighted by Crippen LogP contribution is -2.66. The molecule has 1 atom stereocenters. The number of amides is 1. The van der Waals surface area contributed by atoms with Gasteiger partial charge < -0.3 is 5.32 Å². The number of hydrogen-bond acceptors (Lipinski definition) is 5. The van der Waals surface area contributed by atoms with Crippen molar-refractivity contribution in [3.63, 3.8) is 0 Å². The summed E-state index contributed by atoms with van der Waals surface area (Å²) in [6, 6.07) is -0.388. The van der Waals surface area contributed by atoms with E-state index in [1.54, 1.807) is 20.0 Å². The number of carbonyl (C=O) groups excluding carboxylic acids is 1. The zero-order valence-electron chi connectivity index (χ0n) is 11.8. The Morgan fingerprint density at radius 1 is 1.43 bits per heavy atom. The maximum atomic E-state index is 12.3. The van der Waals surface area contributed by atoms with E-state index in [-0.39, 0.29) is 23.4 Å². The van der Waals surface area contributed by atoms with E-state index < -0.39 is 14.6 Å². The van der Waals surface area contributed by atoms with Gasteiger partial charge in [0.1, 0.15) is 11.5 Å². The van der Waals surface area contributed by atoms with Gasteiger partial charge in [-0.15, -0.1) is 0 Å². The molecule has 1 aromatic rings. The molecule has 1 aromatic heterocycles. The molecular formula is C13H16BrN3O3S. The summed E-state index contributed by atoms with van der Waals surface area (Å²) in [5.41, 5.74) is 0.270. The van der Waals surface area contributed by atoms with Crippen LogP contribution in [0.1, 0.15) is 48.9 Å². The maximum Gasteiger partial charge on any atom is 0.271 e. The summed E-state index contributed by atoms with van der Waals surface area (Å²) in [5.74, 6) is 0.650. The third-order valence-corrected chi connectivity index (χ3v) is 7.49. The highest BCUT2D eigenvalue weighted by Gasteiger charge is 2.54. The van der Waals surface area contributed by atoms with Crippen LogP contribution in [0.4, 0.5) is 0 Å². The minimum absolute atomic E-state index is 0.0239. The molecule has 6 nitrogen and oxygen atoms in total. The van der Waals surface area contributed by atoms with Gasteiger partial charge in [-0.3, -0.25) is 4.79 Å². The molecular weight excluding hydrogens is 358 g/mol. The molecule has 1 saturated carbocycles. The second-order valence-electron chi connectivity index (χ2n) is 6.11. The smallest absolute Gasteiger partial charge is 0.271 e. The largest absolute Gasteiger partial charge is 0.345 e. The van der Waals surface area contributed by atoms with Gasteiger partial charge >= 0.3 is 0 Å². The minimum atomic E-state index is -3.12. The van der Waals surface area contributed by atoms with E-state index in [1.807, 2.05) is 0 Å². The van der Waals surface area contributed by atoms with E-state index in [4.69, 9.17) is 0 Å². The topological polar surface area (TPSA) is 89.0 Å². The van der Waals surface area contributed by atoms with Crippen molar-refractivity contribution in [2.75, 3.05) is 5.75 Å². The first-order valence-corrected chi connectivity index (χ1v) is 9.22. The van der Waals surface area contributed by atoms with Crippen molar-refractivity contribution in [2.45, 2.75) is 43.4 Å². The van der Waals surface area contributed by atoms with Gasteiger partial charge in [0, 0.05) is 12.1 Å². The van der Waals surface area contributed by atoms with E-state index in [2.05, 4.69) is 31.2 Å². The van der Waals surface area contributed by atoms with Crippen molar-refractivity contribution < 1.29 is 13.2 Å². The molecule has 114 valence electrons. The zero-order chi connectivity index (χ0) is 15.4. The third-order valence-electron chi connectivity index (χ3n) is 4.25. The van der Waals surface area contributed by atoms with E-state index >= 15 is 0 Å².